The number of nitrogens with one attached hydrogen (secondary N) is 1. The molecule has 0 aliphatic rings. The average molecular weight is 336 g/mol. The van der Waals surface area contributed by atoms with Gasteiger partial charge in [-0.1, -0.05) is 0 Å². The molecule has 24 heavy (non-hydrogen) atoms. The Morgan fingerprint density at radius 1 is 1.33 bits per heavy atom. The van der Waals surface area contributed by atoms with Gasteiger partial charge < -0.3 is 15.1 Å². The molecule has 0 saturated carbocycles. The Morgan fingerprint density at radius 2 is 2.04 bits per heavy atom. The number of rotatable bonds is 9. The third-order valence-electron chi connectivity index (χ3n) is 3.83. The molecule has 0 aliphatic carbocycles. The molecular formula is C17H32N6O. The van der Waals surface area contributed by atoms with E-state index in [1.54, 1.807) is 0 Å². The van der Waals surface area contributed by atoms with Crippen LogP contribution in [0.1, 0.15) is 32.8 Å². The lowest BCUT2D eigenvalue weighted by Crippen LogP contribution is -2.45. The van der Waals surface area contributed by atoms with Gasteiger partial charge in [0.1, 0.15) is 0 Å². The summed E-state index contributed by atoms with van der Waals surface area (Å²) in [5.74, 6) is 0.910. The first-order valence-corrected chi connectivity index (χ1v) is 8.76. The molecule has 0 spiro atoms. The molecule has 1 aromatic heterocycles. The SMILES string of the molecule is CCNC(=NCCCc1cnn(C)c1)N(C)CC(=O)N(CC)CC. The summed E-state index contributed by atoms with van der Waals surface area (Å²) in [5.41, 5.74) is 1.22. The summed E-state index contributed by atoms with van der Waals surface area (Å²) in [6, 6.07) is 0. The van der Waals surface area contributed by atoms with Crippen LogP contribution in [0.4, 0.5) is 0 Å². The van der Waals surface area contributed by atoms with E-state index in [1.807, 2.05) is 61.7 Å². The van der Waals surface area contributed by atoms with E-state index in [4.69, 9.17) is 0 Å². The van der Waals surface area contributed by atoms with Crippen LogP contribution in [0.15, 0.2) is 17.4 Å². The predicted molar refractivity (Wildman–Crippen MR) is 98.1 cm³/mol. The lowest BCUT2D eigenvalue weighted by molar-refractivity contribution is -0.131. The van der Waals surface area contributed by atoms with Crippen molar-refractivity contribution in [2.75, 3.05) is 39.8 Å². The summed E-state index contributed by atoms with van der Waals surface area (Å²) in [4.78, 5) is 20.6. The molecule has 0 bridgehead atoms. The standard InChI is InChI=1S/C17H32N6O/c1-6-18-17(21(4)14-16(24)23(7-2)8-3)19-11-9-10-15-12-20-22(5)13-15/h12-13H,6-11,14H2,1-5H3,(H,18,19). The molecule has 136 valence electrons. The Bertz CT molecular complexity index is 521. The monoisotopic (exact) mass is 336 g/mol. The molecule has 7 heteroatoms. The van der Waals surface area contributed by atoms with Crippen LogP contribution in [0, 0.1) is 0 Å². The molecule has 1 amide bonds. The van der Waals surface area contributed by atoms with Crippen molar-refractivity contribution in [2.24, 2.45) is 12.0 Å². The fourth-order valence-electron chi connectivity index (χ4n) is 2.49. The van der Waals surface area contributed by atoms with E-state index < -0.39 is 0 Å². The topological polar surface area (TPSA) is 65.8 Å². The zero-order chi connectivity index (χ0) is 17.9. The van der Waals surface area contributed by atoms with Gasteiger partial charge in [-0.05, 0) is 39.2 Å². The maximum absolute atomic E-state index is 12.2. The van der Waals surface area contributed by atoms with Crippen molar-refractivity contribution in [3.8, 4) is 0 Å². The maximum Gasteiger partial charge on any atom is 0.242 e. The summed E-state index contributed by atoms with van der Waals surface area (Å²) >= 11 is 0. The Hall–Kier alpha value is -2.05. The van der Waals surface area contributed by atoms with Crippen LogP contribution in [-0.2, 0) is 18.3 Å². The minimum atomic E-state index is 0.128. The van der Waals surface area contributed by atoms with Crippen LogP contribution in [0.3, 0.4) is 0 Å². The molecule has 0 saturated heterocycles. The number of nitrogens with zero attached hydrogens (tertiary/aromatic N) is 5. The van der Waals surface area contributed by atoms with Crippen molar-refractivity contribution in [1.29, 1.82) is 0 Å². The van der Waals surface area contributed by atoms with Gasteiger partial charge in [-0.2, -0.15) is 5.10 Å². The summed E-state index contributed by atoms with van der Waals surface area (Å²) in [5, 5.41) is 7.43. The molecule has 0 fully saturated rings. The van der Waals surface area contributed by atoms with E-state index in [1.165, 1.54) is 5.56 Å². The lowest BCUT2D eigenvalue weighted by atomic mass is 10.2. The Labute approximate surface area is 145 Å². The highest BCUT2D eigenvalue weighted by molar-refractivity contribution is 5.86. The zero-order valence-corrected chi connectivity index (χ0v) is 15.7. The van der Waals surface area contributed by atoms with Gasteiger partial charge in [-0.3, -0.25) is 14.5 Å². The van der Waals surface area contributed by atoms with Gasteiger partial charge >= 0.3 is 0 Å². The zero-order valence-electron chi connectivity index (χ0n) is 15.7. The lowest BCUT2D eigenvalue weighted by Gasteiger charge is -2.25. The van der Waals surface area contributed by atoms with Crippen LogP contribution < -0.4 is 5.32 Å². The fraction of sp³-hybridized carbons (Fsp3) is 0.706. The van der Waals surface area contributed by atoms with Gasteiger partial charge in [0.05, 0.1) is 12.7 Å². The smallest absolute Gasteiger partial charge is 0.242 e. The van der Waals surface area contributed by atoms with Crippen molar-refractivity contribution in [3.05, 3.63) is 18.0 Å². The fourth-order valence-corrected chi connectivity index (χ4v) is 2.49. The third-order valence-corrected chi connectivity index (χ3v) is 3.83. The summed E-state index contributed by atoms with van der Waals surface area (Å²) in [6.45, 7) is 9.36. The van der Waals surface area contributed by atoms with Crippen LogP contribution in [-0.4, -0.2) is 71.2 Å². The summed E-state index contributed by atoms with van der Waals surface area (Å²) in [7, 11) is 3.83. The van der Waals surface area contributed by atoms with Crippen molar-refractivity contribution in [3.63, 3.8) is 0 Å². The van der Waals surface area contributed by atoms with Gasteiger partial charge in [0, 0.05) is 46.5 Å². The number of aliphatic imine (C=N–C) groups is 1. The number of hydrogen-bond acceptors (Lipinski definition) is 3. The Balaban J connectivity index is 2.52. The van der Waals surface area contributed by atoms with E-state index in [2.05, 4.69) is 15.4 Å². The molecule has 0 atom stereocenters. The second kappa shape index (κ2) is 10.7. The van der Waals surface area contributed by atoms with E-state index in [-0.39, 0.29) is 5.91 Å². The second-order valence-corrected chi connectivity index (χ2v) is 5.78. The number of hydrogen-bond donors (Lipinski definition) is 1. The number of amides is 1. The van der Waals surface area contributed by atoms with Crippen LogP contribution in [0.2, 0.25) is 0 Å². The van der Waals surface area contributed by atoms with E-state index >= 15 is 0 Å². The van der Waals surface area contributed by atoms with Crippen molar-refractivity contribution < 1.29 is 4.79 Å². The van der Waals surface area contributed by atoms with E-state index in [0.717, 1.165) is 45.0 Å². The van der Waals surface area contributed by atoms with Gasteiger partial charge in [0.15, 0.2) is 5.96 Å². The van der Waals surface area contributed by atoms with Gasteiger partial charge in [0.25, 0.3) is 0 Å². The molecule has 0 aliphatic heterocycles. The van der Waals surface area contributed by atoms with Crippen molar-refractivity contribution >= 4 is 11.9 Å². The predicted octanol–water partition coefficient (Wildman–Crippen LogP) is 1.12. The summed E-state index contributed by atoms with van der Waals surface area (Å²) in [6.07, 6.45) is 5.84. The second-order valence-electron chi connectivity index (χ2n) is 5.78. The van der Waals surface area contributed by atoms with Crippen LogP contribution in [0.25, 0.3) is 0 Å². The number of carbonyl (C=O) groups excluding carboxylic acids is 1. The molecule has 0 aromatic carbocycles. The molecule has 7 nitrogen and oxygen atoms in total. The molecule has 1 rings (SSSR count). The number of guanidine groups is 1. The number of aromatic nitrogens is 2. The van der Waals surface area contributed by atoms with Crippen molar-refractivity contribution in [1.82, 2.24) is 24.9 Å². The first-order chi connectivity index (χ1) is 11.5. The quantitative estimate of drug-likeness (QED) is 0.417. The minimum Gasteiger partial charge on any atom is -0.357 e. The highest BCUT2D eigenvalue weighted by Gasteiger charge is 2.14. The molecule has 1 heterocycles. The normalized spacial score (nSPS) is 11.5. The largest absolute Gasteiger partial charge is 0.357 e. The molecule has 0 unspecified atom stereocenters. The molecule has 0 radical (unpaired) electrons. The summed E-state index contributed by atoms with van der Waals surface area (Å²) < 4.78 is 1.81. The molecular weight excluding hydrogens is 304 g/mol. The van der Waals surface area contributed by atoms with Gasteiger partial charge in [-0.15, -0.1) is 0 Å². The maximum atomic E-state index is 12.2. The third kappa shape index (κ3) is 6.60. The number of likely N-dealkylation sites (N-methyl/N-ethyl adjacent to an activating group) is 2. The number of aryl methyl sites for hydroxylation is 2. The molecule has 1 aromatic rings. The van der Waals surface area contributed by atoms with E-state index in [0.29, 0.717) is 6.54 Å². The van der Waals surface area contributed by atoms with Crippen LogP contribution >= 0.6 is 0 Å². The highest BCUT2D eigenvalue weighted by Crippen LogP contribution is 2.01. The van der Waals surface area contributed by atoms with Crippen molar-refractivity contribution in [2.45, 2.75) is 33.6 Å². The van der Waals surface area contributed by atoms with Crippen LogP contribution in [0.5, 0.6) is 0 Å². The van der Waals surface area contributed by atoms with E-state index in [9.17, 15) is 4.79 Å². The minimum absolute atomic E-state index is 0.128. The van der Waals surface area contributed by atoms with Gasteiger partial charge in [-0.25, -0.2) is 0 Å². The first-order valence-electron chi connectivity index (χ1n) is 8.76. The molecule has 1 N–H and O–H groups in total. The Morgan fingerprint density at radius 3 is 2.58 bits per heavy atom. The highest BCUT2D eigenvalue weighted by atomic mass is 16.2. The average Bonchev–Trinajstić information content (AvgIpc) is 2.96. The Kier molecular flexibility index (Phi) is 8.89. The van der Waals surface area contributed by atoms with Gasteiger partial charge in [0.2, 0.25) is 5.91 Å². The first kappa shape index (κ1) is 20.0. The number of carbonyl (C=O) groups is 1.